The van der Waals surface area contributed by atoms with E-state index in [4.69, 9.17) is 9.47 Å². The summed E-state index contributed by atoms with van der Waals surface area (Å²) in [4.78, 5) is 19.2. The molecule has 6 heteroatoms. The molecule has 1 amide bonds. The molecule has 1 spiro atoms. The molecule has 0 radical (unpaired) electrons. The number of ether oxygens (including phenoxy) is 2. The first-order chi connectivity index (χ1) is 13.9. The van der Waals surface area contributed by atoms with Crippen molar-refractivity contribution in [1.82, 2.24) is 9.88 Å². The van der Waals surface area contributed by atoms with Gasteiger partial charge in [0.2, 0.25) is 0 Å². The molecule has 1 aromatic heterocycles. The normalized spacial score (nSPS) is 18.8. The van der Waals surface area contributed by atoms with Crippen molar-refractivity contribution in [3.05, 3.63) is 53.7 Å². The average Bonchev–Trinajstić information content (AvgIpc) is 3.16. The monoisotopic (exact) mass is 395 g/mol. The lowest BCUT2D eigenvalue weighted by molar-refractivity contribution is -0.181. The molecule has 0 atom stereocenters. The third-order valence-electron chi connectivity index (χ3n) is 5.63. The summed E-state index contributed by atoms with van der Waals surface area (Å²) in [5.74, 6) is 0.263. The van der Waals surface area contributed by atoms with E-state index in [9.17, 15) is 4.79 Å². The van der Waals surface area contributed by atoms with Crippen molar-refractivity contribution in [2.75, 3.05) is 31.6 Å². The van der Waals surface area contributed by atoms with Gasteiger partial charge in [-0.1, -0.05) is 39.0 Å². The number of carbonyl (C=O) groups is 1. The smallest absolute Gasteiger partial charge is 0.255 e. The summed E-state index contributed by atoms with van der Waals surface area (Å²) in [7, 11) is 0. The zero-order chi connectivity index (χ0) is 20.5. The number of likely N-dealkylation sites (tertiary alicyclic amines) is 1. The SMILES string of the molecule is CC(C)(C)c1ccccc1Nc1ccc(C(=O)N2CCC3(CC2)OCCO3)cn1. The van der Waals surface area contributed by atoms with Crippen LogP contribution >= 0.6 is 0 Å². The van der Waals surface area contributed by atoms with E-state index in [1.165, 1.54) is 5.56 Å². The van der Waals surface area contributed by atoms with Gasteiger partial charge < -0.3 is 19.7 Å². The van der Waals surface area contributed by atoms with Crippen molar-refractivity contribution >= 4 is 17.4 Å². The second kappa shape index (κ2) is 7.76. The molecule has 1 N–H and O–H groups in total. The van der Waals surface area contributed by atoms with Crippen LogP contribution in [0.15, 0.2) is 42.6 Å². The lowest BCUT2D eigenvalue weighted by Crippen LogP contribution is -2.47. The van der Waals surface area contributed by atoms with Gasteiger partial charge in [-0.2, -0.15) is 0 Å². The highest BCUT2D eigenvalue weighted by atomic mass is 16.7. The Morgan fingerprint density at radius 3 is 2.38 bits per heavy atom. The molecular weight excluding hydrogens is 366 g/mol. The van der Waals surface area contributed by atoms with Crippen LogP contribution in [0.25, 0.3) is 0 Å². The number of pyridine rings is 1. The molecule has 3 heterocycles. The van der Waals surface area contributed by atoms with Gasteiger partial charge in [-0.3, -0.25) is 4.79 Å². The molecule has 4 rings (SSSR count). The van der Waals surface area contributed by atoms with Crippen LogP contribution in [-0.4, -0.2) is 47.9 Å². The van der Waals surface area contributed by atoms with Gasteiger partial charge in [0.25, 0.3) is 5.91 Å². The lowest BCUT2D eigenvalue weighted by Gasteiger charge is -2.37. The van der Waals surface area contributed by atoms with E-state index in [2.05, 4.69) is 43.2 Å². The van der Waals surface area contributed by atoms with Gasteiger partial charge in [-0.15, -0.1) is 0 Å². The number of rotatable bonds is 3. The summed E-state index contributed by atoms with van der Waals surface area (Å²) in [5.41, 5.74) is 2.88. The van der Waals surface area contributed by atoms with Gasteiger partial charge >= 0.3 is 0 Å². The number of amides is 1. The minimum Gasteiger partial charge on any atom is -0.347 e. The highest BCUT2D eigenvalue weighted by Crippen LogP contribution is 2.32. The molecule has 2 fully saturated rings. The summed E-state index contributed by atoms with van der Waals surface area (Å²) >= 11 is 0. The summed E-state index contributed by atoms with van der Waals surface area (Å²) in [5, 5.41) is 3.39. The van der Waals surface area contributed by atoms with Crippen molar-refractivity contribution < 1.29 is 14.3 Å². The first-order valence-electron chi connectivity index (χ1n) is 10.3. The Balaban J connectivity index is 1.42. The van der Waals surface area contributed by atoms with Crippen molar-refractivity contribution in [3.63, 3.8) is 0 Å². The van der Waals surface area contributed by atoms with Gasteiger partial charge in [-0.25, -0.2) is 4.98 Å². The van der Waals surface area contributed by atoms with E-state index in [1.54, 1.807) is 6.20 Å². The number of nitrogens with one attached hydrogen (secondary N) is 1. The van der Waals surface area contributed by atoms with Crippen molar-refractivity contribution in [2.24, 2.45) is 0 Å². The van der Waals surface area contributed by atoms with Crippen LogP contribution in [0.5, 0.6) is 0 Å². The van der Waals surface area contributed by atoms with Crippen molar-refractivity contribution in [3.8, 4) is 0 Å². The van der Waals surface area contributed by atoms with E-state index in [0.717, 1.165) is 24.3 Å². The summed E-state index contributed by atoms with van der Waals surface area (Å²) in [6, 6.07) is 11.9. The van der Waals surface area contributed by atoms with E-state index in [0.29, 0.717) is 31.9 Å². The van der Waals surface area contributed by atoms with Crippen LogP contribution in [0.1, 0.15) is 49.5 Å². The molecule has 0 unspecified atom stereocenters. The summed E-state index contributed by atoms with van der Waals surface area (Å²) < 4.78 is 11.5. The van der Waals surface area contributed by atoms with Crippen molar-refractivity contribution in [1.29, 1.82) is 0 Å². The molecule has 154 valence electrons. The number of piperidine rings is 1. The first-order valence-corrected chi connectivity index (χ1v) is 10.3. The third-order valence-corrected chi connectivity index (χ3v) is 5.63. The summed E-state index contributed by atoms with van der Waals surface area (Å²) in [6.07, 6.45) is 3.09. The van der Waals surface area contributed by atoms with Gasteiger partial charge in [-0.05, 0) is 29.2 Å². The molecule has 2 aliphatic rings. The summed E-state index contributed by atoms with van der Waals surface area (Å²) in [6.45, 7) is 9.12. The highest BCUT2D eigenvalue weighted by molar-refractivity contribution is 5.94. The van der Waals surface area contributed by atoms with Gasteiger partial charge in [0.1, 0.15) is 5.82 Å². The Morgan fingerprint density at radius 1 is 1.07 bits per heavy atom. The molecule has 1 aromatic carbocycles. The van der Waals surface area contributed by atoms with Crippen LogP contribution in [0.3, 0.4) is 0 Å². The molecule has 0 saturated carbocycles. The number of carbonyl (C=O) groups excluding carboxylic acids is 1. The lowest BCUT2D eigenvalue weighted by atomic mass is 9.86. The zero-order valence-electron chi connectivity index (χ0n) is 17.4. The Kier molecular flexibility index (Phi) is 5.32. The Morgan fingerprint density at radius 2 is 1.76 bits per heavy atom. The fraction of sp³-hybridized carbons (Fsp3) is 0.478. The average molecular weight is 396 g/mol. The molecule has 0 aliphatic carbocycles. The highest BCUT2D eigenvalue weighted by Gasteiger charge is 2.40. The molecule has 29 heavy (non-hydrogen) atoms. The van der Waals surface area contributed by atoms with E-state index >= 15 is 0 Å². The fourth-order valence-corrected chi connectivity index (χ4v) is 4.00. The molecule has 2 aliphatic heterocycles. The quantitative estimate of drug-likeness (QED) is 0.848. The molecule has 2 saturated heterocycles. The number of benzene rings is 1. The maximum absolute atomic E-state index is 12.8. The number of anilines is 2. The molecule has 2 aromatic rings. The van der Waals surface area contributed by atoms with E-state index < -0.39 is 5.79 Å². The number of nitrogens with zero attached hydrogens (tertiary/aromatic N) is 2. The maximum atomic E-state index is 12.8. The Hall–Kier alpha value is -2.44. The predicted octanol–water partition coefficient (Wildman–Crippen LogP) is 4.10. The Bertz CT molecular complexity index is 858. The predicted molar refractivity (Wildman–Crippen MR) is 112 cm³/mol. The first kappa shape index (κ1) is 19.9. The largest absolute Gasteiger partial charge is 0.347 e. The molecular formula is C23H29N3O3. The van der Waals surface area contributed by atoms with Gasteiger partial charge in [0, 0.05) is 37.8 Å². The Labute approximate surface area is 172 Å². The minimum atomic E-state index is -0.469. The van der Waals surface area contributed by atoms with E-state index in [1.807, 2.05) is 29.2 Å². The topological polar surface area (TPSA) is 63.7 Å². The number of hydrogen-bond donors (Lipinski definition) is 1. The van der Waals surface area contributed by atoms with Gasteiger partial charge in [0.15, 0.2) is 5.79 Å². The standard InChI is InChI=1S/C23H29N3O3/c1-22(2,3)18-6-4-5-7-19(18)25-20-9-8-17(16-24-20)21(27)26-12-10-23(11-13-26)28-14-15-29-23/h4-9,16H,10-15H2,1-3H3,(H,24,25). The number of hydrogen-bond acceptors (Lipinski definition) is 5. The maximum Gasteiger partial charge on any atom is 0.255 e. The number of para-hydroxylation sites is 1. The van der Waals surface area contributed by atoms with E-state index in [-0.39, 0.29) is 11.3 Å². The second-order valence-corrected chi connectivity index (χ2v) is 8.75. The van der Waals surface area contributed by atoms with Crippen LogP contribution in [0.2, 0.25) is 0 Å². The van der Waals surface area contributed by atoms with Crippen molar-refractivity contribution in [2.45, 2.75) is 44.8 Å². The second-order valence-electron chi connectivity index (χ2n) is 8.75. The molecule has 6 nitrogen and oxygen atoms in total. The fourth-order valence-electron chi connectivity index (χ4n) is 4.00. The minimum absolute atomic E-state index is 0.00647. The zero-order valence-corrected chi connectivity index (χ0v) is 17.4. The van der Waals surface area contributed by atoms with Crippen LogP contribution in [0.4, 0.5) is 11.5 Å². The van der Waals surface area contributed by atoms with Crippen LogP contribution in [-0.2, 0) is 14.9 Å². The third kappa shape index (κ3) is 4.28. The number of aromatic nitrogens is 1. The molecule has 0 bridgehead atoms. The van der Waals surface area contributed by atoms with Crippen LogP contribution in [0, 0.1) is 0 Å². The van der Waals surface area contributed by atoms with Crippen LogP contribution < -0.4 is 5.32 Å². The van der Waals surface area contributed by atoms with Gasteiger partial charge in [0.05, 0.1) is 18.8 Å².